The Morgan fingerprint density at radius 3 is 2.09 bits per heavy atom. The average molecular weight is 461 g/mol. The topological polar surface area (TPSA) is 29.1 Å². The van der Waals surface area contributed by atoms with Gasteiger partial charge in [0.05, 0.1) is 5.92 Å². The molecule has 2 nitrogen and oxygen atoms in total. The van der Waals surface area contributed by atoms with Gasteiger partial charge in [-0.2, -0.15) is 26.3 Å². The Balaban J connectivity index is 2.20. The molecule has 0 aromatic heterocycles. The van der Waals surface area contributed by atoms with Crippen molar-refractivity contribution in [1.29, 1.82) is 0 Å². The van der Waals surface area contributed by atoms with Crippen molar-refractivity contribution < 1.29 is 35.5 Å². The van der Waals surface area contributed by atoms with E-state index < -0.39 is 43.0 Å². The van der Waals surface area contributed by atoms with Crippen molar-refractivity contribution in [2.45, 2.75) is 52.0 Å². The van der Waals surface area contributed by atoms with Crippen LogP contribution in [0.1, 0.15) is 45.7 Å². The van der Waals surface area contributed by atoms with Gasteiger partial charge in [-0.15, -0.1) is 0 Å². The summed E-state index contributed by atoms with van der Waals surface area (Å²) in [6, 6.07) is 6.42. The molecule has 1 atom stereocenters. The van der Waals surface area contributed by atoms with Crippen molar-refractivity contribution in [3.63, 3.8) is 0 Å². The van der Waals surface area contributed by atoms with Crippen LogP contribution in [0.5, 0.6) is 0 Å². The molecule has 0 aliphatic carbocycles. The van der Waals surface area contributed by atoms with Gasteiger partial charge in [-0.1, -0.05) is 36.4 Å². The summed E-state index contributed by atoms with van der Waals surface area (Å²) in [5.41, 5.74) is 2.48. The Morgan fingerprint density at radius 2 is 1.59 bits per heavy atom. The highest BCUT2D eigenvalue weighted by Crippen LogP contribution is 2.37. The number of allylic oxidation sites excluding steroid dienone is 1. The average Bonchev–Trinajstić information content (AvgIpc) is 2.63. The third kappa shape index (κ3) is 7.10. The van der Waals surface area contributed by atoms with Gasteiger partial charge in [0.15, 0.2) is 0 Å². The first-order valence-electron chi connectivity index (χ1n) is 9.62. The van der Waals surface area contributed by atoms with Gasteiger partial charge in [-0.3, -0.25) is 4.79 Å². The number of aryl methyl sites for hydroxylation is 2. The number of nitrogens with one attached hydrogen (secondary N) is 1. The van der Waals surface area contributed by atoms with E-state index in [-0.39, 0.29) is 16.7 Å². The van der Waals surface area contributed by atoms with Gasteiger partial charge in [0.25, 0.3) is 0 Å². The fourth-order valence-corrected chi connectivity index (χ4v) is 3.11. The molecule has 0 aliphatic rings. The fraction of sp³-hybridized carbons (Fsp3) is 0.348. The molecule has 174 valence electrons. The van der Waals surface area contributed by atoms with Crippen LogP contribution in [0.4, 0.5) is 30.7 Å². The van der Waals surface area contributed by atoms with E-state index in [9.17, 15) is 35.5 Å². The maximum absolute atomic E-state index is 14.2. The van der Waals surface area contributed by atoms with E-state index in [0.717, 1.165) is 34.9 Å². The van der Waals surface area contributed by atoms with E-state index in [0.29, 0.717) is 0 Å². The Labute approximate surface area is 181 Å². The van der Waals surface area contributed by atoms with Crippen molar-refractivity contribution in [2.24, 2.45) is 0 Å². The third-order valence-electron chi connectivity index (χ3n) is 5.06. The molecule has 1 unspecified atom stereocenters. The molecule has 32 heavy (non-hydrogen) atoms. The van der Waals surface area contributed by atoms with Crippen molar-refractivity contribution in [3.8, 4) is 0 Å². The number of benzene rings is 2. The van der Waals surface area contributed by atoms with Gasteiger partial charge >= 0.3 is 12.4 Å². The molecular weight excluding hydrogens is 439 g/mol. The Kier molecular flexibility index (Phi) is 7.74. The van der Waals surface area contributed by atoms with Crippen molar-refractivity contribution in [2.75, 3.05) is 0 Å². The SMILES string of the molecule is Cc1cc(C(/C=C/c2ccc(CNC(=O)CC(F)(F)F)c(F)c2)C(F)(F)F)cc(C)c1C. The Hall–Kier alpha value is -2.84. The number of amides is 1. The number of carbonyl (C=O) groups excluding carboxylic acids is 1. The van der Waals surface area contributed by atoms with E-state index in [2.05, 4.69) is 0 Å². The lowest BCUT2D eigenvalue weighted by molar-refractivity contribution is -0.153. The minimum Gasteiger partial charge on any atom is -0.352 e. The molecule has 2 aromatic carbocycles. The summed E-state index contributed by atoms with van der Waals surface area (Å²) < 4.78 is 91.7. The third-order valence-corrected chi connectivity index (χ3v) is 5.06. The zero-order chi connectivity index (χ0) is 24.3. The minimum atomic E-state index is -4.68. The highest BCUT2D eigenvalue weighted by molar-refractivity contribution is 5.76. The number of hydrogen-bond acceptors (Lipinski definition) is 1. The molecule has 0 radical (unpaired) electrons. The molecule has 0 spiro atoms. The molecule has 0 fully saturated rings. The Morgan fingerprint density at radius 1 is 1.00 bits per heavy atom. The predicted molar refractivity (Wildman–Crippen MR) is 107 cm³/mol. The van der Waals surface area contributed by atoms with Crippen LogP contribution in [-0.2, 0) is 11.3 Å². The largest absolute Gasteiger partial charge is 0.399 e. The summed E-state index contributed by atoms with van der Waals surface area (Å²) in [6.45, 7) is 4.80. The first-order chi connectivity index (χ1) is 14.7. The molecule has 0 bridgehead atoms. The van der Waals surface area contributed by atoms with Crippen LogP contribution >= 0.6 is 0 Å². The highest BCUT2D eigenvalue weighted by Gasteiger charge is 2.39. The molecular formula is C23H22F7NO. The van der Waals surface area contributed by atoms with E-state index in [1.165, 1.54) is 24.3 Å². The smallest absolute Gasteiger partial charge is 0.352 e. The normalized spacial score (nSPS) is 13.4. The van der Waals surface area contributed by atoms with Crippen LogP contribution < -0.4 is 5.32 Å². The Bertz CT molecular complexity index is 983. The second-order valence-corrected chi connectivity index (χ2v) is 7.58. The number of carbonyl (C=O) groups is 1. The lowest BCUT2D eigenvalue weighted by Crippen LogP contribution is -2.28. The zero-order valence-corrected chi connectivity index (χ0v) is 17.6. The van der Waals surface area contributed by atoms with Gasteiger partial charge in [0.2, 0.25) is 5.91 Å². The number of alkyl halides is 6. The monoisotopic (exact) mass is 461 g/mol. The van der Waals surface area contributed by atoms with Crippen LogP contribution in [0.3, 0.4) is 0 Å². The van der Waals surface area contributed by atoms with E-state index in [4.69, 9.17) is 0 Å². The van der Waals surface area contributed by atoms with Crippen LogP contribution in [0.2, 0.25) is 0 Å². The van der Waals surface area contributed by atoms with Gasteiger partial charge in [0, 0.05) is 12.1 Å². The first kappa shape index (κ1) is 25.4. The maximum Gasteiger partial charge on any atom is 0.399 e. The first-order valence-corrected chi connectivity index (χ1v) is 9.62. The summed E-state index contributed by atoms with van der Waals surface area (Å²) >= 11 is 0. The van der Waals surface area contributed by atoms with Crippen LogP contribution in [0, 0.1) is 26.6 Å². The molecule has 0 heterocycles. The van der Waals surface area contributed by atoms with Crippen molar-refractivity contribution in [1.82, 2.24) is 5.32 Å². The van der Waals surface area contributed by atoms with Crippen molar-refractivity contribution in [3.05, 3.63) is 75.6 Å². The lowest BCUT2D eigenvalue weighted by atomic mass is 9.91. The van der Waals surface area contributed by atoms with E-state index in [1.807, 2.05) is 12.2 Å². The number of halogens is 7. The molecule has 2 aromatic rings. The number of hydrogen-bond donors (Lipinski definition) is 1. The van der Waals surface area contributed by atoms with Crippen molar-refractivity contribution >= 4 is 12.0 Å². The summed E-state index contributed by atoms with van der Waals surface area (Å²) in [7, 11) is 0. The molecule has 0 saturated carbocycles. The van der Waals surface area contributed by atoms with Crippen LogP contribution in [0.15, 0.2) is 36.4 Å². The summed E-state index contributed by atoms with van der Waals surface area (Å²) in [5.74, 6) is -4.06. The zero-order valence-electron chi connectivity index (χ0n) is 17.6. The van der Waals surface area contributed by atoms with Crippen LogP contribution in [-0.4, -0.2) is 18.3 Å². The standard InChI is InChI=1S/C23H22F7NO/c1-13-8-18(9-14(2)15(13)3)19(23(28,29)30)7-5-16-4-6-17(20(24)10-16)12-31-21(32)11-22(25,26)27/h4-10,19H,11-12H2,1-3H3,(H,31,32)/b7-5+. The highest BCUT2D eigenvalue weighted by atomic mass is 19.4. The molecule has 0 aliphatic heterocycles. The second kappa shape index (κ2) is 9.75. The van der Waals surface area contributed by atoms with E-state index in [1.54, 1.807) is 13.8 Å². The quantitative estimate of drug-likeness (QED) is 0.478. The maximum atomic E-state index is 14.2. The van der Waals surface area contributed by atoms with Crippen LogP contribution in [0.25, 0.3) is 6.08 Å². The fourth-order valence-electron chi connectivity index (χ4n) is 3.11. The molecule has 1 N–H and O–H groups in total. The molecule has 1 amide bonds. The lowest BCUT2D eigenvalue weighted by Gasteiger charge is -2.19. The summed E-state index contributed by atoms with van der Waals surface area (Å²) in [4.78, 5) is 11.2. The second-order valence-electron chi connectivity index (χ2n) is 7.58. The number of rotatable bonds is 6. The van der Waals surface area contributed by atoms with E-state index >= 15 is 0 Å². The van der Waals surface area contributed by atoms with Gasteiger partial charge in [0.1, 0.15) is 12.2 Å². The molecule has 2 rings (SSSR count). The molecule has 0 saturated heterocycles. The summed E-state index contributed by atoms with van der Waals surface area (Å²) in [5, 5.41) is 1.96. The predicted octanol–water partition coefficient (Wildman–Crippen LogP) is 6.68. The minimum absolute atomic E-state index is 0.0684. The summed E-state index contributed by atoms with van der Waals surface area (Å²) in [6.07, 6.45) is -8.86. The van der Waals surface area contributed by atoms with Gasteiger partial charge in [-0.25, -0.2) is 4.39 Å². The molecule has 9 heteroatoms. The van der Waals surface area contributed by atoms with Gasteiger partial charge < -0.3 is 5.32 Å². The van der Waals surface area contributed by atoms with Gasteiger partial charge in [-0.05, 0) is 54.7 Å².